The zero-order valence-corrected chi connectivity index (χ0v) is 21.5. The standard InChI is InChI=1S/C30H27F3N2O2S/c31-30(32,33)23-13-10-21(11-14-23)19-35-25-18-22(28(36)34-17-16-20-6-2-1-3-7-20)12-15-27(25)38-26-9-5-4-8-24(26)29(35)37/h4-6,8-15,18H,1-3,7,16-17,19H2,(H,34,36). The van der Waals surface area contributed by atoms with Gasteiger partial charge in [-0.15, -0.1) is 0 Å². The Balaban J connectivity index is 1.42. The Hall–Kier alpha value is -3.52. The third-order valence-electron chi connectivity index (χ3n) is 6.83. The van der Waals surface area contributed by atoms with Gasteiger partial charge >= 0.3 is 6.18 Å². The van der Waals surface area contributed by atoms with Gasteiger partial charge in [0, 0.05) is 21.9 Å². The number of nitrogens with zero attached hydrogens (tertiary/aromatic N) is 1. The molecule has 0 spiro atoms. The predicted octanol–water partition coefficient (Wildman–Crippen LogP) is 7.64. The Morgan fingerprint density at radius 3 is 2.50 bits per heavy atom. The predicted molar refractivity (Wildman–Crippen MR) is 142 cm³/mol. The molecule has 0 saturated carbocycles. The van der Waals surface area contributed by atoms with E-state index in [1.807, 2.05) is 18.2 Å². The molecule has 3 aromatic rings. The van der Waals surface area contributed by atoms with Crippen molar-refractivity contribution >= 4 is 29.3 Å². The molecule has 5 rings (SSSR count). The molecule has 38 heavy (non-hydrogen) atoms. The first kappa shape index (κ1) is 26.1. The lowest BCUT2D eigenvalue weighted by atomic mass is 9.97. The summed E-state index contributed by atoms with van der Waals surface area (Å²) in [5.41, 5.74) is 2.68. The molecular formula is C30H27F3N2O2S. The number of allylic oxidation sites excluding steroid dienone is 1. The lowest BCUT2D eigenvalue weighted by Crippen LogP contribution is -2.31. The van der Waals surface area contributed by atoms with E-state index >= 15 is 0 Å². The van der Waals surface area contributed by atoms with Crippen molar-refractivity contribution in [3.05, 3.63) is 101 Å². The van der Waals surface area contributed by atoms with E-state index in [1.54, 1.807) is 29.2 Å². The smallest absolute Gasteiger partial charge is 0.352 e. The van der Waals surface area contributed by atoms with Crippen LogP contribution in [0.2, 0.25) is 0 Å². The van der Waals surface area contributed by atoms with Gasteiger partial charge in [-0.05, 0) is 80.1 Å². The highest BCUT2D eigenvalue weighted by atomic mass is 32.2. The summed E-state index contributed by atoms with van der Waals surface area (Å²) in [7, 11) is 0. The van der Waals surface area contributed by atoms with Crippen molar-refractivity contribution in [2.45, 2.75) is 54.6 Å². The first-order chi connectivity index (χ1) is 18.3. The number of benzene rings is 3. The summed E-state index contributed by atoms with van der Waals surface area (Å²) in [6.45, 7) is 0.605. The van der Waals surface area contributed by atoms with Crippen LogP contribution in [0, 0.1) is 0 Å². The van der Waals surface area contributed by atoms with Crippen LogP contribution in [0.25, 0.3) is 0 Å². The molecule has 0 radical (unpaired) electrons. The summed E-state index contributed by atoms with van der Waals surface area (Å²) in [5.74, 6) is -0.494. The molecule has 0 bridgehead atoms. The van der Waals surface area contributed by atoms with Gasteiger partial charge in [-0.1, -0.05) is 47.7 Å². The Morgan fingerprint density at radius 1 is 0.974 bits per heavy atom. The zero-order chi connectivity index (χ0) is 26.7. The molecule has 4 nitrogen and oxygen atoms in total. The van der Waals surface area contributed by atoms with E-state index in [9.17, 15) is 22.8 Å². The summed E-state index contributed by atoms with van der Waals surface area (Å²) in [5, 5.41) is 2.99. The maximum absolute atomic E-state index is 13.7. The van der Waals surface area contributed by atoms with Crippen molar-refractivity contribution in [3.8, 4) is 0 Å². The number of amides is 2. The summed E-state index contributed by atoms with van der Waals surface area (Å²) < 4.78 is 39.2. The van der Waals surface area contributed by atoms with E-state index in [0.717, 1.165) is 41.2 Å². The average Bonchev–Trinajstić information content (AvgIpc) is 3.03. The molecule has 2 amide bonds. The van der Waals surface area contributed by atoms with Crippen LogP contribution in [0.5, 0.6) is 0 Å². The monoisotopic (exact) mass is 536 g/mol. The topological polar surface area (TPSA) is 49.4 Å². The van der Waals surface area contributed by atoms with E-state index in [1.165, 1.54) is 42.3 Å². The Bertz CT molecular complexity index is 1380. The van der Waals surface area contributed by atoms with Crippen LogP contribution >= 0.6 is 11.8 Å². The van der Waals surface area contributed by atoms with Crippen LogP contribution in [-0.2, 0) is 12.7 Å². The van der Waals surface area contributed by atoms with Gasteiger partial charge in [-0.2, -0.15) is 13.2 Å². The number of anilines is 1. The number of nitrogens with one attached hydrogen (secondary N) is 1. The summed E-state index contributed by atoms with van der Waals surface area (Å²) in [4.78, 5) is 29.8. The Labute approximate surface area is 223 Å². The SMILES string of the molecule is O=C(NCCC1=CCCCC1)c1ccc2c(c1)N(Cc1ccc(C(F)(F)F)cc1)C(=O)c1ccccc1S2. The molecule has 0 aromatic heterocycles. The van der Waals surface area contributed by atoms with Gasteiger partial charge < -0.3 is 10.2 Å². The maximum Gasteiger partial charge on any atom is 0.416 e. The van der Waals surface area contributed by atoms with E-state index in [4.69, 9.17) is 0 Å². The maximum atomic E-state index is 13.7. The second-order valence-corrected chi connectivity index (χ2v) is 10.6. The lowest BCUT2D eigenvalue weighted by Gasteiger charge is -2.24. The first-order valence-corrected chi connectivity index (χ1v) is 13.5. The van der Waals surface area contributed by atoms with Crippen LogP contribution in [0.1, 0.15) is 63.9 Å². The van der Waals surface area contributed by atoms with E-state index in [-0.39, 0.29) is 18.4 Å². The van der Waals surface area contributed by atoms with Crippen molar-refractivity contribution in [2.75, 3.05) is 11.4 Å². The highest BCUT2D eigenvalue weighted by Crippen LogP contribution is 2.42. The third kappa shape index (κ3) is 5.80. The third-order valence-corrected chi connectivity index (χ3v) is 7.97. The summed E-state index contributed by atoms with van der Waals surface area (Å²) in [6, 6.07) is 17.3. The van der Waals surface area contributed by atoms with Gasteiger partial charge in [0.05, 0.1) is 23.4 Å². The largest absolute Gasteiger partial charge is 0.416 e. The fourth-order valence-electron chi connectivity index (χ4n) is 4.77. The quantitative estimate of drug-likeness (QED) is 0.330. The number of carbonyl (C=O) groups excluding carboxylic acids is 2. The fourth-order valence-corrected chi connectivity index (χ4v) is 5.83. The molecule has 3 aromatic carbocycles. The first-order valence-electron chi connectivity index (χ1n) is 12.6. The van der Waals surface area contributed by atoms with E-state index < -0.39 is 11.7 Å². The lowest BCUT2D eigenvalue weighted by molar-refractivity contribution is -0.137. The molecule has 0 unspecified atom stereocenters. The normalized spacial score (nSPS) is 15.3. The molecule has 1 N–H and O–H groups in total. The fraction of sp³-hybridized carbons (Fsp3) is 0.267. The number of hydrogen-bond acceptors (Lipinski definition) is 3. The molecule has 1 aliphatic heterocycles. The van der Waals surface area contributed by atoms with Gasteiger partial charge in [-0.25, -0.2) is 0 Å². The van der Waals surface area contributed by atoms with Crippen LogP contribution in [0.15, 0.2) is 88.2 Å². The molecule has 1 aliphatic carbocycles. The van der Waals surface area contributed by atoms with Gasteiger partial charge in [0.2, 0.25) is 0 Å². The number of carbonyl (C=O) groups is 2. The zero-order valence-electron chi connectivity index (χ0n) is 20.7. The molecule has 0 atom stereocenters. The molecule has 2 aliphatic rings. The van der Waals surface area contributed by atoms with E-state index in [0.29, 0.717) is 28.9 Å². The van der Waals surface area contributed by atoms with Crippen LogP contribution in [0.4, 0.5) is 18.9 Å². The molecule has 8 heteroatoms. The number of halogens is 3. The highest BCUT2D eigenvalue weighted by Gasteiger charge is 2.31. The van der Waals surface area contributed by atoms with E-state index in [2.05, 4.69) is 11.4 Å². The van der Waals surface area contributed by atoms with Gasteiger partial charge in [0.1, 0.15) is 0 Å². The molecule has 1 heterocycles. The van der Waals surface area contributed by atoms with Gasteiger partial charge in [0.15, 0.2) is 0 Å². The number of fused-ring (bicyclic) bond motifs is 2. The molecule has 0 fully saturated rings. The Morgan fingerprint density at radius 2 is 1.76 bits per heavy atom. The van der Waals surface area contributed by atoms with Crippen LogP contribution in [-0.4, -0.2) is 18.4 Å². The highest BCUT2D eigenvalue weighted by molar-refractivity contribution is 7.99. The van der Waals surface area contributed by atoms with Gasteiger partial charge in [0.25, 0.3) is 11.8 Å². The Kier molecular flexibility index (Phi) is 7.61. The van der Waals surface area contributed by atoms with Crippen LogP contribution in [0.3, 0.4) is 0 Å². The second kappa shape index (κ2) is 11.1. The summed E-state index contributed by atoms with van der Waals surface area (Å²) >= 11 is 1.43. The van der Waals surface area contributed by atoms with Crippen molar-refractivity contribution in [1.82, 2.24) is 5.32 Å². The van der Waals surface area contributed by atoms with Crippen molar-refractivity contribution in [1.29, 1.82) is 0 Å². The van der Waals surface area contributed by atoms with Crippen LogP contribution < -0.4 is 10.2 Å². The minimum absolute atomic E-state index is 0.0676. The average molecular weight is 537 g/mol. The molecule has 196 valence electrons. The van der Waals surface area contributed by atoms with Gasteiger partial charge in [-0.3, -0.25) is 9.59 Å². The van der Waals surface area contributed by atoms with Crippen molar-refractivity contribution in [2.24, 2.45) is 0 Å². The number of hydrogen-bond donors (Lipinski definition) is 1. The molecular weight excluding hydrogens is 509 g/mol. The number of alkyl halides is 3. The molecule has 0 saturated heterocycles. The minimum Gasteiger partial charge on any atom is -0.352 e. The van der Waals surface area contributed by atoms with Crippen molar-refractivity contribution < 1.29 is 22.8 Å². The number of rotatable bonds is 6. The minimum atomic E-state index is -4.44. The second-order valence-electron chi connectivity index (χ2n) is 9.48. The van der Waals surface area contributed by atoms with Crippen molar-refractivity contribution in [3.63, 3.8) is 0 Å². The summed E-state index contributed by atoms with van der Waals surface area (Å²) in [6.07, 6.45) is 3.22.